The monoisotopic (exact) mass is 242 g/mol. The molecule has 1 rings (SSSR count). The zero-order valence-electron chi connectivity index (χ0n) is 11.4. The van der Waals surface area contributed by atoms with Crippen LogP contribution >= 0.6 is 0 Å². The van der Waals surface area contributed by atoms with Gasteiger partial charge in [-0.1, -0.05) is 6.92 Å². The summed E-state index contributed by atoms with van der Waals surface area (Å²) < 4.78 is 0. The van der Waals surface area contributed by atoms with Crippen molar-refractivity contribution in [3.8, 4) is 0 Å². The van der Waals surface area contributed by atoms with Gasteiger partial charge in [-0.05, 0) is 20.8 Å². The van der Waals surface area contributed by atoms with Crippen LogP contribution < -0.4 is 11.3 Å². The van der Waals surface area contributed by atoms with Crippen LogP contribution in [0.25, 0.3) is 0 Å². The first-order valence-corrected chi connectivity index (χ1v) is 6.46. The van der Waals surface area contributed by atoms with E-state index in [0.717, 1.165) is 26.2 Å². The van der Waals surface area contributed by atoms with Crippen LogP contribution in [0.4, 0.5) is 0 Å². The minimum Gasteiger partial charge on any atom is -0.298 e. The highest BCUT2D eigenvalue weighted by atomic mass is 16.2. The van der Waals surface area contributed by atoms with E-state index in [4.69, 9.17) is 5.84 Å². The van der Waals surface area contributed by atoms with Crippen LogP contribution in [0.5, 0.6) is 0 Å². The number of nitrogens with one attached hydrogen (secondary N) is 1. The lowest BCUT2D eigenvalue weighted by Crippen LogP contribution is -2.54. The molecule has 100 valence electrons. The van der Waals surface area contributed by atoms with E-state index in [1.807, 2.05) is 6.92 Å². The van der Waals surface area contributed by atoms with Crippen LogP contribution in [-0.4, -0.2) is 54.0 Å². The van der Waals surface area contributed by atoms with Crippen molar-refractivity contribution in [3.63, 3.8) is 0 Å². The van der Waals surface area contributed by atoms with Gasteiger partial charge in [0.1, 0.15) is 0 Å². The van der Waals surface area contributed by atoms with Gasteiger partial charge < -0.3 is 0 Å². The van der Waals surface area contributed by atoms with Gasteiger partial charge in [0.25, 0.3) is 0 Å². The average Bonchev–Trinajstić information content (AvgIpc) is 2.36. The summed E-state index contributed by atoms with van der Waals surface area (Å²) in [4.78, 5) is 16.3. The number of carbonyl (C=O) groups is 1. The quantitative estimate of drug-likeness (QED) is 0.415. The van der Waals surface area contributed by atoms with Crippen molar-refractivity contribution in [2.24, 2.45) is 11.8 Å². The molecule has 3 N–H and O–H groups in total. The smallest absolute Gasteiger partial charge is 0.238 e. The molecule has 17 heavy (non-hydrogen) atoms. The molecule has 2 atom stereocenters. The van der Waals surface area contributed by atoms with E-state index >= 15 is 0 Å². The predicted molar refractivity (Wildman–Crippen MR) is 69.2 cm³/mol. The van der Waals surface area contributed by atoms with E-state index in [1.165, 1.54) is 0 Å². The van der Waals surface area contributed by atoms with Crippen LogP contribution in [0.15, 0.2) is 0 Å². The third-order valence-corrected chi connectivity index (χ3v) is 3.93. The van der Waals surface area contributed by atoms with Gasteiger partial charge in [-0.3, -0.25) is 20.0 Å². The molecule has 1 aliphatic rings. The molecule has 2 unspecified atom stereocenters. The summed E-state index contributed by atoms with van der Waals surface area (Å²) in [5.74, 6) is 5.03. The number of hydrazine groups is 1. The van der Waals surface area contributed by atoms with Crippen molar-refractivity contribution in [1.29, 1.82) is 0 Å². The molecule has 5 nitrogen and oxygen atoms in total. The van der Waals surface area contributed by atoms with Gasteiger partial charge in [0.05, 0.1) is 5.92 Å². The van der Waals surface area contributed by atoms with Crippen molar-refractivity contribution >= 4 is 5.91 Å². The Morgan fingerprint density at radius 1 is 1.06 bits per heavy atom. The molecule has 5 heteroatoms. The Morgan fingerprint density at radius 2 is 1.53 bits per heavy atom. The van der Waals surface area contributed by atoms with Crippen molar-refractivity contribution in [1.82, 2.24) is 15.2 Å². The first-order chi connectivity index (χ1) is 7.97. The number of nitrogens with two attached hydrogens (primary N) is 1. The topological polar surface area (TPSA) is 61.6 Å². The Morgan fingerprint density at radius 3 is 1.94 bits per heavy atom. The molecule has 0 radical (unpaired) electrons. The van der Waals surface area contributed by atoms with E-state index < -0.39 is 0 Å². The van der Waals surface area contributed by atoms with Gasteiger partial charge in [0.2, 0.25) is 5.91 Å². The van der Waals surface area contributed by atoms with Crippen LogP contribution in [0.1, 0.15) is 27.7 Å². The summed E-state index contributed by atoms with van der Waals surface area (Å²) in [7, 11) is 0. The fourth-order valence-corrected chi connectivity index (χ4v) is 2.33. The highest BCUT2D eigenvalue weighted by Gasteiger charge is 2.28. The highest BCUT2D eigenvalue weighted by molar-refractivity contribution is 5.78. The molecule has 0 aliphatic carbocycles. The van der Waals surface area contributed by atoms with Gasteiger partial charge in [-0.15, -0.1) is 0 Å². The van der Waals surface area contributed by atoms with Gasteiger partial charge in [-0.2, -0.15) is 0 Å². The largest absolute Gasteiger partial charge is 0.298 e. The minimum absolute atomic E-state index is 0.0643. The molecular formula is C12H26N4O. The maximum Gasteiger partial charge on any atom is 0.238 e. The minimum atomic E-state index is -0.0798. The summed E-state index contributed by atoms with van der Waals surface area (Å²) >= 11 is 0. The standard InChI is InChI=1S/C12H26N4O/c1-9(2)15-5-7-16(8-6-15)11(4)10(3)12(17)14-13/h9-11H,5-8,13H2,1-4H3,(H,14,17). The molecule has 1 aliphatic heterocycles. The molecule has 0 aromatic heterocycles. The zero-order chi connectivity index (χ0) is 13.0. The number of nitrogens with zero attached hydrogens (tertiary/aromatic N) is 2. The third-order valence-electron chi connectivity index (χ3n) is 3.93. The second kappa shape index (κ2) is 6.33. The van der Waals surface area contributed by atoms with E-state index in [0.29, 0.717) is 6.04 Å². The first-order valence-electron chi connectivity index (χ1n) is 6.46. The summed E-state index contributed by atoms with van der Waals surface area (Å²) in [6.07, 6.45) is 0. The summed E-state index contributed by atoms with van der Waals surface area (Å²) in [6.45, 7) is 12.7. The number of rotatable bonds is 4. The molecule has 0 aromatic rings. The molecule has 1 amide bonds. The van der Waals surface area contributed by atoms with E-state index in [9.17, 15) is 4.79 Å². The molecule has 1 fully saturated rings. The number of hydrogen-bond donors (Lipinski definition) is 2. The third kappa shape index (κ3) is 3.66. The van der Waals surface area contributed by atoms with Gasteiger partial charge in [-0.25, -0.2) is 5.84 Å². The zero-order valence-corrected chi connectivity index (χ0v) is 11.4. The number of carbonyl (C=O) groups excluding carboxylic acids is 1. The molecule has 0 saturated carbocycles. The Labute approximate surface area is 104 Å². The second-order valence-electron chi connectivity index (χ2n) is 5.20. The summed E-state index contributed by atoms with van der Waals surface area (Å²) in [6, 6.07) is 0.852. The fraction of sp³-hybridized carbons (Fsp3) is 0.917. The molecule has 0 aromatic carbocycles. The lowest BCUT2D eigenvalue weighted by molar-refractivity contribution is -0.126. The average molecular weight is 242 g/mol. The lowest BCUT2D eigenvalue weighted by Gasteiger charge is -2.41. The maximum atomic E-state index is 11.5. The maximum absolute atomic E-state index is 11.5. The fourth-order valence-electron chi connectivity index (χ4n) is 2.33. The van der Waals surface area contributed by atoms with Crippen LogP contribution in [0.3, 0.4) is 0 Å². The predicted octanol–water partition coefficient (Wildman–Crippen LogP) is 0.0269. The Balaban J connectivity index is 2.45. The summed E-state index contributed by atoms with van der Waals surface area (Å²) in [5.41, 5.74) is 2.24. The second-order valence-corrected chi connectivity index (χ2v) is 5.20. The lowest BCUT2D eigenvalue weighted by atomic mass is 10.0. The number of amides is 1. The molecule has 0 bridgehead atoms. The SMILES string of the molecule is CC(C(=O)NN)C(C)N1CCN(C(C)C)CC1. The van der Waals surface area contributed by atoms with Gasteiger partial charge >= 0.3 is 0 Å². The van der Waals surface area contributed by atoms with Crippen molar-refractivity contribution in [3.05, 3.63) is 0 Å². The van der Waals surface area contributed by atoms with E-state index in [1.54, 1.807) is 0 Å². The van der Waals surface area contributed by atoms with Crippen LogP contribution in [0, 0.1) is 5.92 Å². The van der Waals surface area contributed by atoms with E-state index in [2.05, 4.69) is 36.0 Å². The van der Waals surface area contributed by atoms with Gasteiger partial charge in [0.15, 0.2) is 0 Å². The highest BCUT2D eigenvalue weighted by Crippen LogP contribution is 2.14. The van der Waals surface area contributed by atoms with Crippen molar-refractivity contribution in [2.45, 2.75) is 39.8 Å². The first kappa shape index (κ1) is 14.4. The number of piperazine rings is 1. The molecular weight excluding hydrogens is 216 g/mol. The molecule has 1 saturated heterocycles. The molecule has 0 spiro atoms. The Bertz CT molecular complexity index is 249. The van der Waals surface area contributed by atoms with E-state index in [-0.39, 0.29) is 17.9 Å². The number of hydrogen-bond acceptors (Lipinski definition) is 4. The van der Waals surface area contributed by atoms with Crippen molar-refractivity contribution < 1.29 is 4.79 Å². The van der Waals surface area contributed by atoms with Crippen LogP contribution in [0.2, 0.25) is 0 Å². The van der Waals surface area contributed by atoms with Crippen molar-refractivity contribution in [2.75, 3.05) is 26.2 Å². The normalized spacial score (nSPS) is 22.5. The van der Waals surface area contributed by atoms with Crippen LogP contribution in [-0.2, 0) is 4.79 Å². The van der Waals surface area contributed by atoms with Gasteiger partial charge in [0, 0.05) is 38.3 Å². The Hall–Kier alpha value is -0.650. The Kier molecular flexibility index (Phi) is 5.36. The summed E-state index contributed by atoms with van der Waals surface area (Å²) in [5, 5.41) is 0. The molecule has 1 heterocycles.